The number of hydrogen-bond donors (Lipinski definition) is 1. The van der Waals surface area contributed by atoms with Gasteiger partial charge < -0.3 is 10.6 Å². The summed E-state index contributed by atoms with van der Waals surface area (Å²) >= 11 is 1.62. The third kappa shape index (κ3) is 5.21. The highest BCUT2D eigenvalue weighted by Gasteiger charge is 2.11. The summed E-state index contributed by atoms with van der Waals surface area (Å²) in [6.45, 7) is 4.70. The van der Waals surface area contributed by atoms with E-state index in [4.69, 9.17) is 5.73 Å². The topological polar surface area (TPSA) is 67.4 Å². The van der Waals surface area contributed by atoms with E-state index >= 15 is 0 Å². The van der Waals surface area contributed by atoms with Gasteiger partial charge in [-0.3, -0.25) is 0 Å². The molecule has 0 unspecified atom stereocenters. The van der Waals surface area contributed by atoms with Crippen LogP contribution in [0.15, 0.2) is 4.99 Å². The molecule has 0 atom stereocenters. The number of nitrogens with zero attached hydrogens (tertiary/aromatic N) is 4. The number of guanidine groups is 1. The van der Waals surface area contributed by atoms with Crippen LogP contribution in [-0.2, 0) is 13.0 Å². The van der Waals surface area contributed by atoms with Gasteiger partial charge >= 0.3 is 0 Å². The van der Waals surface area contributed by atoms with E-state index < -0.39 is 0 Å². The van der Waals surface area contributed by atoms with Gasteiger partial charge in [0.1, 0.15) is 10.0 Å². The third-order valence-corrected chi connectivity index (χ3v) is 4.17. The lowest BCUT2D eigenvalue weighted by Gasteiger charge is -2.20. The molecule has 1 fully saturated rings. The Labute approximate surface area is 135 Å². The average Bonchev–Trinajstić information content (AvgIpc) is 2.68. The van der Waals surface area contributed by atoms with Crippen LogP contribution in [0.5, 0.6) is 0 Å². The van der Waals surface area contributed by atoms with Crippen LogP contribution in [0.2, 0.25) is 0 Å². The molecule has 5 nitrogen and oxygen atoms in total. The van der Waals surface area contributed by atoms with Gasteiger partial charge in [0.15, 0.2) is 5.96 Å². The molecule has 19 heavy (non-hydrogen) atoms. The Balaban J connectivity index is 0.00000180. The van der Waals surface area contributed by atoms with Crippen molar-refractivity contribution in [3.8, 4) is 0 Å². The van der Waals surface area contributed by atoms with Crippen molar-refractivity contribution in [2.45, 2.75) is 45.6 Å². The zero-order chi connectivity index (χ0) is 12.8. The van der Waals surface area contributed by atoms with Gasteiger partial charge in [-0.25, -0.2) is 4.99 Å². The lowest BCUT2D eigenvalue weighted by Crippen LogP contribution is -2.38. The van der Waals surface area contributed by atoms with E-state index in [0.717, 1.165) is 29.5 Å². The molecule has 0 aromatic carbocycles. The monoisotopic (exact) mass is 395 g/mol. The van der Waals surface area contributed by atoms with Gasteiger partial charge in [-0.1, -0.05) is 31.1 Å². The van der Waals surface area contributed by atoms with Gasteiger partial charge in [0.25, 0.3) is 0 Å². The van der Waals surface area contributed by atoms with Crippen LogP contribution in [0, 0.1) is 0 Å². The largest absolute Gasteiger partial charge is 0.370 e. The van der Waals surface area contributed by atoms with Gasteiger partial charge in [0.05, 0.1) is 6.54 Å². The van der Waals surface area contributed by atoms with Gasteiger partial charge in [0.2, 0.25) is 0 Å². The number of aliphatic imine (C=N–C) groups is 1. The second-order valence-electron chi connectivity index (χ2n) is 4.52. The van der Waals surface area contributed by atoms with Crippen LogP contribution in [0.4, 0.5) is 0 Å². The summed E-state index contributed by atoms with van der Waals surface area (Å²) in [5.74, 6) is 0.658. The predicted molar refractivity (Wildman–Crippen MR) is 90.1 cm³/mol. The number of aromatic nitrogens is 2. The number of halogens is 1. The lowest BCUT2D eigenvalue weighted by molar-refractivity contribution is 0.428. The second kappa shape index (κ2) is 8.68. The quantitative estimate of drug-likeness (QED) is 0.485. The fourth-order valence-electron chi connectivity index (χ4n) is 2.04. The van der Waals surface area contributed by atoms with Crippen LogP contribution in [-0.4, -0.2) is 34.1 Å². The van der Waals surface area contributed by atoms with Crippen molar-refractivity contribution in [3.05, 3.63) is 10.0 Å². The lowest BCUT2D eigenvalue weighted by atomic mass is 10.2. The molecular weight excluding hydrogens is 373 g/mol. The number of aryl methyl sites for hydroxylation is 1. The van der Waals surface area contributed by atoms with E-state index in [2.05, 4.69) is 27.0 Å². The zero-order valence-electron chi connectivity index (χ0n) is 11.3. The first-order chi connectivity index (χ1) is 8.79. The minimum atomic E-state index is 0. The summed E-state index contributed by atoms with van der Waals surface area (Å²) in [6.07, 6.45) is 5.98. The van der Waals surface area contributed by atoms with Crippen molar-refractivity contribution in [2.24, 2.45) is 10.7 Å². The van der Waals surface area contributed by atoms with Crippen LogP contribution >= 0.6 is 35.3 Å². The molecule has 2 rings (SSSR count). The first-order valence-corrected chi connectivity index (χ1v) is 7.47. The zero-order valence-corrected chi connectivity index (χ0v) is 14.5. The van der Waals surface area contributed by atoms with Crippen molar-refractivity contribution >= 4 is 41.3 Å². The van der Waals surface area contributed by atoms with Gasteiger partial charge in [0, 0.05) is 13.1 Å². The Morgan fingerprint density at radius 1 is 1.21 bits per heavy atom. The molecular formula is C12H22IN5S. The molecule has 0 spiro atoms. The fourth-order valence-corrected chi connectivity index (χ4v) is 2.75. The normalized spacial score (nSPS) is 16.9. The molecule has 0 saturated carbocycles. The SMILES string of the molecule is CCc1nnc(CN=C(N)N2CCCCCC2)s1.I. The fraction of sp³-hybridized carbons (Fsp3) is 0.750. The highest BCUT2D eigenvalue weighted by Crippen LogP contribution is 2.12. The molecule has 1 saturated heterocycles. The second-order valence-corrected chi connectivity index (χ2v) is 5.67. The van der Waals surface area contributed by atoms with Crippen LogP contribution in [0.3, 0.4) is 0 Å². The van der Waals surface area contributed by atoms with Crippen LogP contribution < -0.4 is 5.73 Å². The van der Waals surface area contributed by atoms with E-state index in [0.29, 0.717) is 12.5 Å². The highest BCUT2D eigenvalue weighted by atomic mass is 127. The van der Waals surface area contributed by atoms with E-state index in [1.807, 2.05) is 0 Å². The predicted octanol–water partition coefficient (Wildman–Crippen LogP) is 2.41. The van der Waals surface area contributed by atoms with E-state index in [1.165, 1.54) is 25.7 Å². The van der Waals surface area contributed by atoms with Crippen molar-refractivity contribution in [1.82, 2.24) is 15.1 Å². The van der Waals surface area contributed by atoms with Crippen molar-refractivity contribution in [2.75, 3.05) is 13.1 Å². The minimum Gasteiger partial charge on any atom is -0.370 e. The molecule has 1 aliphatic heterocycles. The smallest absolute Gasteiger partial charge is 0.191 e. The summed E-state index contributed by atoms with van der Waals surface area (Å²) in [5, 5.41) is 10.2. The van der Waals surface area contributed by atoms with E-state index in [9.17, 15) is 0 Å². The number of rotatable bonds is 3. The summed E-state index contributed by atoms with van der Waals surface area (Å²) in [4.78, 5) is 6.62. The Kier molecular flexibility index (Phi) is 7.59. The first kappa shape index (κ1) is 16.6. The van der Waals surface area contributed by atoms with Gasteiger partial charge in [-0.2, -0.15) is 0 Å². The minimum absolute atomic E-state index is 0. The molecule has 1 aliphatic rings. The van der Waals surface area contributed by atoms with Crippen LogP contribution in [0.1, 0.15) is 42.6 Å². The molecule has 1 aromatic heterocycles. The summed E-state index contributed by atoms with van der Waals surface area (Å²) < 4.78 is 0. The Morgan fingerprint density at radius 2 is 1.84 bits per heavy atom. The summed E-state index contributed by atoms with van der Waals surface area (Å²) in [7, 11) is 0. The Bertz CT molecular complexity index is 399. The van der Waals surface area contributed by atoms with Crippen molar-refractivity contribution in [1.29, 1.82) is 0 Å². The maximum atomic E-state index is 6.04. The Hall–Kier alpha value is -0.440. The summed E-state index contributed by atoms with van der Waals surface area (Å²) in [6, 6.07) is 0. The number of nitrogens with two attached hydrogens (primary N) is 1. The number of likely N-dealkylation sites (tertiary alicyclic amines) is 1. The van der Waals surface area contributed by atoms with E-state index in [1.54, 1.807) is 11.3 Å². The molecule has 7 heteroatoms. The highest BCUT2D eigenvalue weighted by molar-refractivity contribution is 14.0. The molecule has 2 N–H and O–H groups in total. The van der Waals surface area contributed by atoms with Crippen LogP contribution in [0.25, 0.3) is 0 Å². The molecule has 0 radical (unpaired) electrons. The molecule has 108 valence electrons. The number of hydrogen-bond acceptors (Lipinski definition) is 4. The maximum absolute atomic E-state index is 6.04. The van der Waals surface area contributed by atoms with Crippen molar-refractivity contribution < 1.29 is 0 Å². The standard InChI is InChI=1S/C12H21N5S.HI/c1-2-10-15-16-11(18-10)9-14-12(13)17-7-5-3-4-6-8-17;/h2-9H2,1H3,(H2,13,14);1H. The molecule has 2 heterocycles. The van der Waals surface area contributed by atoms with Gasteiger partial charge in [-0.15, -0.1) is 34.2 Å². The summed E-state index contributed by atoms with van der Waals surface area (Å²) in [5.41, 5.74) is 6.04. The molecule has 1 aromatic rings. The average molecular weight is 395 g/mol. The van der Waals surface area contributed by atoms with E-state index in [-0.39, 0.29) is 24.0 Å². The van der Waals surface area contributed by atoms with Gasteiger partial charge in [-0.05, 0) is 19.3 Å². The molecule has 0 bridgehead atoms. The molecule has 0 amide bonds. The maximum Gasteiger partial charge on any atom is 0.191 e. The van der Waals surface area contributed by atoms with Crippen molar-refractivity contribution in [3.63, 3.8) is 0 Å². The first-order valence-electron chi connectivity index (χ1n) is 6.65. The third-order valence-electron chi connectivity index (χ3n) is 3.12. The molecule has 0 aliphatic carbocycles. The Morgan fingerprint density at radius 3 is 2.42 bits per heavy atom.